The minimum atomic E-state index is -0.852. The molecule has 0 aromatic heterocycles. The summed E-state index contributed by atoms with van der Waals surface area (Å²) in [5, 5.41) is 12.3. The summed E-state index contributed by atoms with van der Waals surface area (Å²) in [4.78, 5) is 11.2. The molecule has 1 aromatic rings. The first-order valence-electron chi connectivity index (χ1n) is 7.19. The second-order valence-electron chi connectivity index (χ2n) is 5.82. The van der Waals surface area contributed by atoms with Crippen LogP contribution in [0.25, 0.3) is 0 Å². The van der Waals surface area contributed by atoms with Gasteiger partial charge in [0.1, 0.15) is 18.4 Å². The third-order valence-corrected chi connectivity index (χ3v) is 3.60. The standard InChI is InChI=1S/C16H23NO3/c1-10(2)12-5-4-11(3)15(8-12)20-9-14(16(18)19)17-13-6-7-13/h4-5,8,10,13-14,17H,6-7,9H2,1-3H3,(H,18,19). The number of aliphatic carboxylic acids is 1. The Morgan fingerprint density at radius 1 is 1.45 bits per heavy atom. The lowest BCUT2D eigenvalue weighted by Gasteiger charge is -2.17. The maximum atomic E-state index is 11.2. The van der Waals surface area contributed by atoms with Gasteiger partial charge in [-0.25, -0.2) is 0 Å². The number of aryl methyl sites for hydroxylation is 1. The highest BCUT2D eigenvalue weighted by Crippen LogP contribution is 2.25. The Morgan fingerprint density at radius 2 is 2.15 bits per heavy atom. The summed E-state index contributed by atoms with van der Waals surface area (Å²) in [6.07, 6.45) is 2.12. The van der Waals surface area contributed by atoms with Gasteiger partial charge in [-0.3, -0.25) is 10.1 Å². The molecule has 0 saturated heterocycles. The molecule has 2 N–H and O–H groups in total. The van der Waals surface area contributed by atoms with Crippen LogP contribution in [0.3, 0.4) is 0 Å². The molecule has 110 valence electrons. The number of carboxylic acid groups (broad SMARTS) is 1. The van der Waals surface area contributed by atoms with E-state index in [1.165, 1.54) is 5.56 Å². The molecule has 0 spiro atoms. The predicted octanol–water partition coefficient (Wildman–Crippen LogP) is 2.70. The van der Waals surface area contributed by atoms with E-state index in [9.17, 15) is 9.90 Å². The molecular formula is C16H23NO3. The zero-order valence-corrected chi connectivity index (χ0v) is 12.3. The summed E-state index contributed by atoms with van der Waals surface area (Å²) in [6, 6.07) is 5.84. The van der Waals surface area contributed by atoms with Crippen LogP contribution in [0.1, 0.15) is 43.7 Å². The largest absolute Gasteiger partial charge is 0.491 e. The van der Waals surface area contributed by atoms with Gasteiger partial charge in [0.2, 0.25) is 0 Å². The van der Waals surface area contributed by atoms with Crippen LogP contribution in [0.15, 0.2) is 18.2 Å². The van der Waals surface area contributed by atoms with E-state index in [2.05, 4.69) is 25.2 Å². The van der Waals surface area contributed by atoms with Crippen LogP contribution < -0.4 is 10.1 Å². The van der Waals surface area contributed by atoms with Gasteiger partial charge in [-0.1, -0.05) is 26.0 Å². The van der Waals surface area contributed by atoms with E-state index in [1.807, 2.05) is 19.1 Å². The molecule has 1 unspecified atom stereocenters. The number of rotatable bonds is 7. The molecule has 0 radical (unpaired) electrons. The summed E-state index contributed by atoms with van der Waals surface area (Å²) in [5.41, 5.74) is 2.23. The number of hydrogen-bond acceptors (Lipinski definition) is 3. The van der Waals surface area contributed by atoms with Crippen LogP contribution >= 0.6 is 0 Å². The van der Waals surface area contributed by atoms with E-state index in [1.54, 1.807) is 0 Å². The summed E-state index contributed by atoms with van der Waals surface area (Å²) >= 11 is 0. The van der Waals surface area contributed by atoms with Crippen molar-refractivity contribution >= 4 is 5.97 Å². The Morgan fingerprint density at radius 3 is 2.70 bits per heavy atom. The first kappa shape index (κ1) is 14.9. The Balaban J connectivity index is 2.00. The molecule has 4 heteroatoms. The number of benzene rings is 1. The average molecular weight is 277 g/mol. The Kier molecular flexibility index (Phi) is 4.65. The van der Waals surface area contributed by atoms with Crippen molar-refractivity contribution in [1.82, 2.24) is 5.32 Å². The van der Waals surface area contributed by atoms with Gasteiger partial charge in [0.15, 0.2) is 0 Å². The molecule has 1 aromatic carbocycles. The van der Waals surface area contributed by atoms with Gasteiger partial charge in [-0.05, 0) is 42.9 Å². The Labute approximate surface area is 120 Å². The fourth-order valence-corrected chi connectivity index (χ4v) is 2.03. The molecule has 1 atom stereocenters. The van der Waals surface area contributed by atoms with E-state index in [0.29, 0.717) is 12.0 Å². The van der Waals surface area contributed by atoms with Gasteiger partial charge < -0.3 is 9.84 Å². The fraction of sp³-hybridized carbons (Fsp3) is 0.562. The quantitative estimate of drug-likeness (QED) is 0.804. The summed E-state index contributed by atoms with van der Waals surface area (Å²) in [6.45, 7) is 6.39. The van der Waals surface area contributed by atoms with Crippen LogP contribution in [0, 0.1) is 6.92 Å². The number of carboxylic acids is 1. The zero-order chi connectivity index (χ0) is 14.7. The van der Waals surface area contributed by atoms with Crippen LogP contribution in [-0.2, 0) is 4.79 Å². The van der Waals surface area contributed by atoms with Crippen LogP contribution in [0.5, 0.6) is 5.75 Å². The molecule has 2 rings (SSSR count). The van der Waals surface area contributed by atoms with E-state index >= 15 is 0 Å². The molecule has 20 heavy (non-hydrogen) atoms. The van der Waals surface area contributed by atoms with Crippen molar-refractivity contribution in [2.45, 2.75) is 51.6 Å². The first-order valence-corrected chi connectivity index (χ1v) is 7.19. The van der Waals surface area contributed by atoms with Crippen molar-refractivity contribution < 1.29 is 14.6 Å². The maximum absolute atomic E-state index is 11.2. The third kappa shape index (κ3) is 3.97. The summed E-state index contributed by atoms with van der Waals surface area (Å²) in [7, 11) is 0. The van der Waals surface area contributed by atoms with Gasteiger partial charge >= 0.3 is 5.97 Å². The lowest BCUT2D eigenvalue weighted by Crippen LogP contribution is -2.42. The monoisotopic (exact) mass is 277 g/mol. The zero-order valence-electron chi connectivity index (χ0n) is 12.3. The SMILES string of the molecule is Cc1ccc(C(C)C)cc1OCC(NC1CC1)C(=O)O. The average Bonchev–Trinajstić information content (AvgIpc) is 3.19. The highest BCUT2D eigenvalue weighted by Gasteiger charge is 2.28. The highest BCUT2D eigenvalue weighted by atomic mass is 16.5. The van der Waals surface area contributed by atoms with Gasteiger partial charge in [0, 0.05) is 6.04 Å². The summed E-state index contributed by atoms with van der Waals surface area (Å²) < 4.78 is 5.74. The highest BCUT2D eigenvalue weighted by molar-refractivity contribution is 5.73. The van der Waals surface area contributed by atoms with Gasteiger partial charge in [-0.15, -0.1) is 0 Å². The second kappa shape index (κ2) is 6.27. The molecular weight excluding hydrogens is 254 g/mol. The van der Waals surface area contributed by atoms with Crippen molar-refractivity contribution in [2.24, 2.45) is 0 Å². The lowest BCUT2D eigenvalue weighted by atomic mass is 10.0. The molecule has 1 aliphatic rings. The Hall–Kier alpha value is -1.55. The van der Waals surface area contributed by atoms with Crippen LogP contribution in [-0.4, -0.2) is 29.8 Å². The molecule has 0 amide bonds. The molecule has 4 nitrogen and oxygen atoms in total. The van der Waals surface area contributed by atoms with Crippen molar-refractivity contribution in [3.63, 3.8) is 0 Å². The number of carbonyl (C=O) groups is 1. The minimum Gasteiger partial charge on any atom is -0.491 e. The fourth-order valence-electron chi connectivity index (χ4n) is 2.03. The second-order valence-corrected chi connectivity index (χ2v) is 5.82. The topological polar surface area (TPSA) is 58.6 Å². The van der Waals surface area contributed by atoms with Gasteiger partial charge in [-0.2, -0.15) is 0 Å². The number of nitrogens with one attached hydrogen (secondary N) is 1. The van der Waals surface area contributed by atoms with E-state index in [-0.39, 0.29) is 6.61 Å². The molecule has 0 aliphatic heterocycles. The smallest absolute Gasteiger partial charge is 0.324 e. The van der Waals surface area contributed by atoms with Gasteiger partial charge in [0.25, 0.3) is 0 Å². The minimum absolute atomic E-state index is 0.161. The van der Waals surface area contributed by atoms with Crippen molar-refractivity contribution in [1.29, 1.82) is 0 Å². The van der Waals surface area contributed by atoms with Crippen molar-refractivity contribution in [3.05, 3.63) is 29.3 Å². The van der Waals surface area contributed by atoms with E-state index < -0.39 is 12.0 Å². The Bertz CT molecular complexity index is 481. The lowest BCUT2D eigenvalue weighted by molar-refractivity contribution is -0.140. The van der Waals surface area contributed by atoms with E-state index in [4.69, 9.17) is 4.74 Å². The normalized spacial score (nSPS) is 16.2. The van der Waals surface area contributed by atoms with Crippen LogP contribution in [0.2, 0.25) is 0 Å². The van der Waals surface area contributed by atoms with Crippen molar-refractivity contribution in [2.75, 3.05) is 6.61 Å². The van der Waals surface area contributed by atoms with Crippen LogP contribution in [0.4, 0.5) is 0 Å². The molecule has 1 fully saturated rings. The maximum Gasteiger partial charge on any atom is 0.324 e. The molecule has 1 saturated carbocycles. The molecule has 0 heterocycles. The summed E-state index contributed by atoms with van der Waals surface area (Å²) in [5.74, 6) is 0.354. The molecule has 0 bridgehead atoms. The van der Waals surface area contributed by atoms with E-state index in [0.717, 1.165) is 24.2 Å². The first-order chi connectivity index (χ1) is 9.47. The number of hydrogen-bond donors (Lipinski definition) is 2. The predicted molar refractivity (Wildman–Crippen MR) is 78.3 cm³/mol. The third-order valence-electron chi connectivity index (χ3n) is 3.60. The number of ether oxygens (including phenoxy) is 1. The van der Waals surface area contributed by atoms with Gasteiger partial charge in [0.05, 0.1) is 0 Å². The van der Waals surface area contributed by atoms with Crippen molar-refractivity contribution in [3.8, 4) is 5.75 Å². The molecule has 1 aliphatic carbocycles.